The molecular formula is C15H26N4O. The molecule has 2 N–H and O–H groups in total. The second-order valence-electron chi connectivity index (χ2n) is 5.28. The maximum atomic E-state index is 5.67. The van der Waals surface area contributed by atoms with E-state index in [1.54, 1.807) is 6.20 Å². The zero-order valence-electron chi connectivity index (χ0n) is 12.4. The lowest BCUT2D eigenvalue weighted by molar-refractivity contribution is 0.324. The second-order valence-corrected chi connectivity index (χ2v) is 5.28. The number of hydrogen-bond donors (Lipinski definition) is 1. The molecule has 112 valence electrons. The first-order chi connectivity index (χ1) is 9.85. The summed E-state index contributed by atoms with van der Waals surface area (Å²) >= 11 is 0. The van der Waals surface area contributed by atoms with Gasteiger partial charge in [0.05, 0.1) is 19.0 Å². The van der Waals surface area contributed by atoms with Crippen molar-refractivity contribution in [3.05, 3.63) is 12.4 Å². The molecule has 0 bridgehead atoms. The third-order valence-electron chi connectivity index (χ3n) is 3.80. The van der Waals surface area contributed by atoms with Crippen LogP contribution in [0.4, 0.5) is 5.82 Å². The van der Waals surface area contributed by atoms with Crippen LogP contribution in [0, 0.1) is 0 Å². The van der Waals surface area contributed by atoms with Crippen molar-refractivity contribution in [2.45, 2.75) is 51.5 Å². The van der Waals surface area contributed by atoms with Crippen LogP contribution in [0.1, 0.15) is 45.4 Å². The van der Waals surface area contributed by atoms with Crippen LogP contribution in [0.15, 0.2) is 12.4 Å². The molecule has 1 aliphatic carbocycles. The van der Waals surface area contributed by atoms with Gasteiger partial charge >= 0.3 is 0 Å². The molecule has 1 fully saturated rings. The van der Waals surface area contributed by atoms with E-state index >= 15 is 0 Å². The van der Waals surface area contributed by atoms with Crippen molar-refractivity contribution in [1.29, 1.82) is 0 Å². The van der Waals surface area contributed by atoms with Gasteiger partial charge in [-0.15, -0.1) is 0 Å². The van der Waals surface area contributed by atoms with Crippen LogP contribution < -0.4 is 15.4 Å². The topological polar surface area (TPSA) is 64.3 Å². The van der Waals surface area contributed by atoms with Crippen molar-refractivity contribution in [3.63, 3.8) is 0 Å². The SMILES string of the molecule is CCOc1cncc(N(CCCN)C2CCCCC2)n1. The Morgan fingerprint density at radius 3 is 2.80 bits per heavy atom. The Bertz CT molecular complexity index is 393. The molecule has 5 nitrogen and oxygen atoms in total. The standard InChI is InChI=1S/C15H26N4O/c1-2-20-15-12-17-11-14(18-15)19(10-6-9-16)13-7-4-3-5-8-13/h11-13H,2-10,16H2,1H3. The van der Waals surface area contributed by atoms with E-state index in [1.165, 1.54) is 32.1 Å². The summed E-state index contributed by atoms with van der Waals surface area (Å²) in [5.41, 5.74) is 5.67. The van der Waals surface area contributed by atoms with E-state index in [2.05, 4.69) is 14.9 Å². The average molecular weight is 278 g/mol. The minimum atomic E-state index is 0.571. The Kier molecular flexibility index (Phi) is 6.05. The summed E-state index contributed by atoms with van der Waals surface area (Å²) in [5.74, 6) is 1.54. The zero-order valence-corrected chi connectivity index (χ0v) is 12.4. The Morgan fingerprint density at radius 2 is 2.10 bits per heavy atom. The van der Waals surface area contributed by atoms with E-state index in [0.29, 0.717) is 25.1 Å². The van der Waals surface area contributed by atoms with Crippen molar-refractivity contribution in [2.24, 2.45) is 5.73 Å². The number of ether oxygens (including phenoxy) is 1. The van der Waals surface area contributed by atoms with E-state index in [9.17, 15) is 0 Å². The third-order valence-corrected chi connectivity index (χ3v) is 3.80. The van der Waals surface area contributed by atoms with E-state index in [4.69, 9.17) is 10.5 Å². The molecule has 1 saturated carbocycles. The van der Waals surface area contributed by atoms with Crippen LogP contribution >= 0.6 is 0 Å². The molecule has 0 aliphatic heterocycles. The molecule has 1 aromatic rings. The summed E-state index contributed by atoms with van der Waals surface area (Å²) in [4.78, 5) is 11.2. The van der Waals surface area contributed by atoms with Crippen LogP contribution in [0.3, 0.4) is 0 Å². The molecule has 0 unspecified atom stereocenters. The van der Waals surface area contributed by atoms with E-state index in [0.717, 1.165) is 18.8 Å². The Hall–Kier alpha value is -1.36. The molecular weight excluding hydrogens is 252 g/mol. The van der Waals surface area contributed by atoms with Crippen LogP contribution in [0.5, 0.6) is 5.88 Å². The highest BCUT2D eigenvalue weighted by molar-refractivity contribution is 5.39. The minimum absolute atomic E-state index is 0.571. The smallest absolute Gasteiger partial charge is 0.234 e. The zero-order chi connectivity index (χ0) is 14.2. The molecule has 2 rings (SSSR count). The van der Waals surface area contributed by atoms with Gasteiger partial charge in [0.15, 0.2) is 5.82 Å². The van der Waals surface area contributed by atoms with Gasteiger partial charge in [-0.1, -0.05) is 19.3 Å². The maximum absolute atomic E-state index is 5.67. The highest BCUT2D eigenvalue weighted by atomic mass is 16.5. The highest BCUT2D eigenvalue weighted by Gasteiger charge is 2.22. The molecule has 5 heteroatoms. The van der Waals surface area contributed by atoms with Gasteiger partial charge in [-0.25, -0.2) is 0 Å². The molecule has 0 spiro atoms. The first kappa shape index (κ1) is 15.0. The summed E-state index contributed by atoms with van der Waals surface area (Å²) in [6, 6.07) is 0.571. The molecule has 1 aliphatic rings. The van der Waals surface area contributed by atoms with Crippen LogP contribution in [0.2, 0.25) is 0 Å². The van der Waals surface area contributed by atoms with Crippen LogP contribution in [-0.2, 0) is 0 Å². The molecule has 1 heterocycles. The normalized spacial score (nSPS) is 16.1. The molecule has 0 atom stereocenters. The average Bonchev–Trinajstić information content (AvgIpc) is 2.50. The Morgan fingerprint density at radius 1 is 1.30 bits per heavy atom. The fourth-order valence-electron chi connectivity index (χ4n) is 2.83. The van der Waals surface area contributed by atoms with Crippen LogP contribution in [0.25, 0.3) is 0 Å². The number of aromatic nitrogens is 2. The van der Waals surface area contributed by atoms with Crippen molar-refractivity contribution < 1.29 is 4.74 Å². The molecule has 20 heavy (non-hydrogen) atoms. The van der Waals surface area contributed by atoms with Gasteiger partial charge in [0.2, 0.25) is 5.88 Å². The summed E-state index contributed by atoms with van der Waals surface area (Å²) in [6.07, 6.45) is 11.0. The minimum Gasteiger partial charge on any atom is -0.477 e. The van der Waals surface area contributed by atoms with Gasteiger partial charge < -0.3 is 15.4 Å². The number of rotatable bonds is 7. The highest BCUT2D eigenvalue weighted by Crippen LogP contribution is 2.26. The van der Waals surface area contributed by atoms with Crippen molar-refractivity contribution >= 4 is 5.82 Å². The van der Waals surface area contributed by atoms with E-state index < -0.39 is 0 Å². The Balaban J connectivity index is 2.13. The fraction of sp³-hybridized carbons (Fsp3) is 0.733. The van der Waals surface area contributed by atoms with Crippen molar-refractivity contribution in [3.8, 4) is 5.88 Å². The monoisotopic (exact) mass is 278 g/mol. The van der Waals surface area contributed by atoms with Gasteiger partial charge in [-0.05, 0) is 32.7 Å². The summed E-state index contributed by atoms with van der Waals surface area (Å²) in [6.45, 7) is 4.24. The van der Waals surface area contributed by atoms with E-state index in [1.807, 2.05) is 13.1 Å². The quantitative estimate of drug-likeness (QED) is 0.829. The number of nitrogens with zero attached hydrogens (tertiary/aromatic N) is 3. The number of hydrogen-bond acceptors (Lipinski definition) is 5. The predicted molar refractivity (Wildman–Crippen MR) is 81.1 cm³/mol. The first-order valence-electron chi connectivity index (χ1n) is 7.76. The van der Waals surface area contributed by atoms with Gasteiger partial charge in [0.1, 0.15) is 0 Å². The first-order valence-corrected chi connectivity index (χ1v) is 7.76. The summed E-state index contributed by atoms with van der Waals surface area (Å²) in [7, 11) is 0. The maximum Gasteiger partial charge on any atom is 0.234 e. The Labute approximate surface area is 121 Å². The lowest BCUT2D eigenvalue weighted by Crippen LogP contribution is -2.39. The summed E-state index contributed by atoms with van der Waals surface area (Å²) in [5, 5.41) is 0. The lowest BCUT2D eigenvalue weighted by Gasteiger charge is -2.35. The van der Waals surface area contributed by atoms with Gasteiger partial charge in [-0.2, -0.15) is 4.98 Å². The van der Waals surface area contributed by atoms with E-state index in [-0.39, 0.29) is 0 Å². The largest absolute Gasteiger partial charge is 0.477 e. The van der Waals surface area contributed by atoms with Crippen LogP contribution in [-0.4, -0.2) is 35.7 Å². The molecule has 0 aromatic carbocycles. The molecule has 1 aromatic heterocycles. The predicted octanol–water partition coefficient (Wildman–Crippen LogP) is 2.36. The summed E-state index contributed by atoms with van der Waals surface area (Å²) < 4.78 is 5.46. The number of nitrogens with two attached hydrogens (primary N) is 1. The van der Waals surface area contributed by atoms with Gasteiger partial charge in [-0.3, -0.25) is 4.98 Å². The van der Waals surface area contributed by atoms with Crippen molar-refractivity contribution in [1.82, 2.24) is 9.97 Å². The van der Waals surface area contributed by atoms with Gasteiger partial charge in [0, 0.05) is 12.6 Å². The fourth-order valence-corrected chi connectivity index (χ4v) is 2.83. The molecule has 0 radical (unpaired) electrons. The van der Waals surface area contributed by atoms with Crippen molar-refractivity contribution in [2.75, 3.05) is 24.6 Å². The third kappa shape index (κ3) is 4.07. The lowest BCUT2D eigenvalue weighted by atomic mass is 9.94. The van der Waals surface area contributed by atoms with Gasteiger partial charge in [0.25, 0.3) is 0 Å². The second kappa shape index (κ2) is 8.04. The molecule has 0 amide bonds. The number of anilines is 1. The molecule has 0 saturated heterocycles.